The monoisotopic (exact) mass is 372 g/mol. The molecule has 5 heteroatoms. The van der Waals surface area contributed by atoms with E-state index in [0.29, 0.717) is 18.4 Å². The average Bonchev–Trinajstić information content (AvgIpc) is 2.69. The molecule has 0 saturated heterocycles. The summed E-state index contributed by atoms with van der Waals surface area (Å²) in [4.78, 5) is 13.4. The van der Waals surface area contributed by atoms with Gasteiger partial charge in [0, 0.05) is 38.4 Å². The molecule has 5 nitrogen and oxygen atoms in total. The molecule has 0 amide bonds. The maximum atomic E-state index is 9.03. The third kappa shape index (κ3) is 7.48. The van der Waals surface area contributed by atoms with Crippen LogP contribution in [0.2, 0.25) is 0 Å². The second-order valence-corrected chi connectivity index (χ2v) is 7.65. The molecule has 0 atom stereocenters. The lowest BCUT2D eigenvalue weighted by Crippen LogP contribution is -2.29. The summed E-state index contributed by atoms with van der Waals surface area (Å²) in [5.41, 5.74) is 1.22. The molecule has 1 aromatic rings. The first kappa shape index (κ1) is 21.7. The maximum absolute atomic E-state index is 9.03. The van der Waals surface area contributed by atoms with Gasteiger partial charge in [-0.2, -0.15) is 0 Å². The van der Waals surface area contributed by atoms with E-state index in [1.54, 1.807) is 0 Å². The van der Waals surface area contributed by atoms with Crippen molar-refractivity contribution in [3.05, 3.63) is 18.0 Å². The molecule has 1 saturated carbocycles. The van der Waals surface area contributed by atoms with Crippen LogP contribution in [-0.4, -0.2) is 59.8 Å². The summed E-state index contributed by atoms with van der Waals surface area (Å²) >= 11 is 0. The van der Waals surface area contributed by atoms with Crippen LogP contribution in [0.3, 0.4) is 0 Å². The van der Waals surface area contributed by atoms with Crippen molar-refractivity contribution in [1.29, 1.82) is 0 Å². The van der Waals surface area contributed by atoms with Gasteiger partial charge in [-0.25, -0.2) is 9.97 Å². The van der Waals surface area contributed by atoms with Crippen LogP contribution in [0.15, 0.2) is 12.4 Å². The van der Waals surface area contributed by atoms with E-state index < -0.39 is 0 Å². The van der Waals surface area contributed by atoms with Gasteiger partial charge in [-0.3, -0.25) is 4.90 Å². The third-order valence-corrected chi connectivity index (χ3v) is 5.42. The van der Waals surface area contributed by atoms with Crippen LogP contribution in [-0.2, 0) is 6.42 Å². The molecule has 1 aliphatic rings. The van der Waals surface area contributed by atoms with Crippen LogP contribution in [0.1, 0.15) is 51.5 Å². The van der Waals surface area contributed by atoms with Crippen molar-refractivity contribution >= 4 is 5.95 Å². The fraction of sp³-hybridized carbons (Fsp3) is 0.727. The Morgan fingerprint density at radius 2 is 1.85 bits per heavy atom. The van der Waals surface area contributed by atoms with Crippen LogP contribution < -0.4 is 4.90 Å². The first-order chi connectivity index (χ1) is 13.2. The number of hydrogen-bond donors (Lipinski definition) is 1. The smallest absolute Gasteiger partial charge is 0.224 e. The highest BCUT2D eigenvalue weighted by atomic mass is 16.3. The van der Waals surface area contributed by atoms with E-state index in [1.165, 1.54) is 31.2 Å². The van der Waals surface area contributed by atoms with E-state index >= 15 is 0 Å². The van der Waals surface area contributed by atoms with Crippen molar-refractivity contribution in [2.24, 2.45) is 11.8 Å². The summed E-state index contributed by atoms with van der Waals surface area (Å²) in [6, 6.07) is 0. The largest absolute Gasteiger partial charge is 0.395 e. The van der Waals surface area contributed by atoms with E-state index in [9.17, 15) is 0 Å². The van der Waals surface area contributed by atoms with Gasteiger partial charge >= 0.3 is 0 Å². The minimum Gasteiger partial charge on any atom is -0.395 e. The second-order valence-electron chi connectivity index (χ2n) is 7.65. The fourth-order valence-electron chi connectivity index (χ4n) is 3.71. The first-order valence-corrected chi connectivity index (χ1v) is 10.5. The van der Waals surface area contributed by atoms with Gasteiger partial charge in [0.05, 0.1) is 13.2 Å². The Hall–Kier alpha value is -1.64. The Morgan fingerprint density at radius 1 is 1.15 bits per heavy atom. The third-order valence-electron chi connectivity index (χ3n) is 5.42. The predicted molar refractivity (Wildman–Crippen MR) is 112 cm³/mol. The van der Waals surface area contributed by atoms with Crippen molar-refractivity contribution in [2.45, 2.75) is 52.4 Å². The summed E-state index contributed by atoms with van der Waals surface area (Å²) < 4.78 is 0. The van der Waals surface area contributed by atoms with Gasteiger partial charge in [-0.05, 0) is 50.1 Å². The molecule has 0 aromatic carbocycles. The topological polar surface area (TPSA) is 52.5 Å². The number of nitrogens with zero attached hydrogens (tertiary/aromatic N) is 4. The van der Waals surface area contributed by atoms with E-state index in [0.717, 1.165) is 38.4 Å². The van der Waals surface area contributed by atoms with Crippen LogP contribution in [0, 0.1) is 23.7 Å². The van der Waals surface area contributed by atoms with Crippen molar-refractivity contribution in [2.75, 3.05) is 44.7 Å². The number of anilines is 1. The molecular formula is C22H36N4O. The highest BCUT2D eigenvalue weighted by Crippen LogP contribution is 2.29. The molecule has 1 N–H and O–H groups in total. The number of aliphatic hydroxyl groups excluding tert-OH is 1. The van der Waals surface area contributed by atoms with E-state index in [2.05, 4.69) is 52.5 Å². The van der Waals surface area contributed by atoms with E-state index in [-0.39, 0.29) is 6.61 Å². The Balaban J connectivity index is 1.74. The lowest BCUT2D eigenvalue weighted by Gasteiger charge is -2.29. The molecule has 0 spiro atoms. The van der Waals surface area contributed by atoms with Crippen molar-refractivity contribution in [3.8, 4) is 11.8 Å². The van der Waals surface area contributed by atoms with Gasteiger partial charge in [0.2, 0.25) is 5.95 Å². The van der Waals surface area contributed by atoms with Gasteiger partial charge < -0.3 is 10.0 Å². The molecule has 0 unspecified atom stereocenters. The van der Waals surface area contributed by atoms with Gasteiger partial charge in [-0.1, -0.05) is 32.1 Å². The quantitative estimate of drug-likeness (QED) is 0.676. The highest BCUT2D eigenvalue weighted by molar-refractivity contribution is 5.28. The molecule has 2 rings (SSSR count). The highest BCUT2D eigenvalue weighted by Gasteiger charge is 2.21. The first-order valence-electron chi connectivity index (χ1n) is 10.5. The summed E-state index contributed by atoms with van der Waals surface area (Å²) in [6.07, 6.45) is 10.9. The lowest BCUT2D eigenvalue weighted by molar-refractivity contribution is 0.216. The van der Waals surface area contributed by atoms with Gasteiger partial charge in [0.1, 0.15) is 0 Å². The number of hydrogen-bond acceptors (Lipinski definition) is 5. The predicted octanol–water partition coefficient (Wildman–Crippen LogP) is 2.99. The second kappa shape index (κ2) is 11.9. The van der Waals surface area contributed by atoms with Crippen molar-refractivity contribution < 1.29 is 5.11 Å². The van der Waals surface area contributed by atoms with Crippen LogP contribution in [0.5, 0.6) is 0 Å². The Morgan fingerprint density at radius 3 is 2.44 bits per heavy atom. The summed E-state index contributed by atoms with van der Waals surface area (Å²) in [5, 5.41) is 9.03. The van der Waals surface area contributed by atoms with Crippen LogP contribution in [0.25, 0.3) is 0 Å². The molecule has 0 radical (unpaired) electrons. The lowest BCUT2D eigenvalue weighted by atomic mass is 9.82. The molecule has 150 valence electrons. The minimum absolute atomic E-state index is 0.208. The van der Waals surface area contributed by atoms with Crippen LogP contribution >= 0.6 is 0 Å². The molecular weight excluding hydrogens is 336 g/mol. The zero-order chi connectivity index (χ0) is 19.5. The fourth-order valence-corrected chi connectivity index (χ4v) is 3.71. The number of aryl methyl sites for hydroxylation is 1. The standard InChI is InChI=1S/C22H36N4O/c1-4-7-21-16-23-22(24-17-21)25(3)18-20-11-9-19(10-12-20)8-6-13-26(5-2)14-15-27/h16-17,19-20,27H,4-5,7,9-15,18H2,1-3H3/t19-,20-. The maximum Gasteiger partial charge on any atom is 0.224 e. The summed E-state index contributed by atoms with van der Waals surface area (Å²) in [6.45, 7) is 7.94. The number of likely N-dealkylation sites (N-methyl/N-ethyl adjacent to an activating group) is 1. The normalized spacial score (nSPS) is 19.6. The molecule has 1 heterocycles. The number of aromatic nitrogens is 2. The molecule has 27 heavy (non-hydrogen) atoms. The Bertz CT molecular complexity index is 585. The average molecular weight is 373 g/mol. The Kier molecular flexibility index (Phi) is 9.58. The van der Waals surface area contributed by atoms with E-state index in [4.69, 9.17) is 5.11 Å². The minimum atomic E-state index is 0.208. The molecule has 1 aliphatic carbocycles. The van der Waals surface area contributed by atoms with Crippen molar-refractivity contribution in [3.63, 3.8) is 0 Å². The van der Waals surface area contributed by atoms with Crippen LogP contribution in [0.4, 0.5) is 5.95 Å². The Labute approximate surface area is 165 Å². The SMILES string of the molecule is CCCc1cnc(N(C)C[C@H]2CC[C@H](C#CCN(CC)CCO)CC2)nc1. The molecule has 0 aliphatic heterocycles. The summed E-state index contributed by atoms with van der Waals surface area (Å²) in [7, 11) is 2.10. The summed E-state index contributed by atoms with van der Waals surface area (Å²) in [5.74, 6) is 8.85. The zero-order valence-corrected chi connectivity index (χ0v) is 17.3. The number of rotatable bonds is 9. The van der Waals surface area contributed by atoms with E-state index in [1.807, 2.05) is 12.4 Å². The van der Waals surface area contributed by atoms with Gasteiger partial charge in [0.25, 0.3) is 0 Å². The number of aliphatic hydroxyl groups is 1. The van der Waals surface area contributed by atoms with Crippen molar-refractivity contribution in [1.82, 2.24) is 14.9 Å². The van der Waals surface area contributed by atoms with Gasteiger partial charge in [0.15, 0.2) is 0 Å². The molecule has 0 bridgehead atoms. The molecule has 1 aromatic heterocycles. The molecule has 1 fully saturated rings. The van der Waals surface area contributed by atoms with Gasteiger partial charge in [-0.15, -0.1) is 0 Å². The zero-order valence-electron chi connectivity index (χ0n) is 17.3.